The van der Waals surface area contributed by atoms with Gasteiger partial charge in [0, 0.05) is 43.6 Å². The van der Waals surface area contributed by atoms with Crippen LogP contribution < -0.4 is 25.0 Å². The van der Waals surface area contributed by atoms with Crippen LogP contribution in [-0.4, -0.2) is 69.2 Å². The summed E-state index contributed by atoms with van der Waals surface area (Å²) in [6.07, 6.45) is 0. The van der Waals surface area contributed by atoms with Crippen molar-refractivity contribution in [3.8, 4) is 17.2 Å². The number of carbonyl (C=O) groups is 2. The lowest BCUT2D eigenvalue weighted by atomic mass is 10.2. The van der Waals surface area contributed by atoms with Gasteiger partial charge in [-0.2, -0.15) is 0 Å². The van der Waals surface area contributed by atoms with Crippen LogP contribution in [0.4, 0.5) is 15.8 Å². The zero-order valence-electron chi connectivity index (χ0n) is 25.2. The van der Waals surface area contributed by atoms with Crippen LogP contribution in [-0.2, 0) is 20.9 Å². The van der Waals surface area contributed by atoms with Gasteiger partial charge in [-0.15, -0.1) is 0 Å². The number of hydrogen-bond acceptors (Lipinski definition) is 7. The third-order valence-electron chi connectivity index (χ3n) is 7.38. The highest BCUT2D eigenvalue weighted by Crippen LogP contribution is 2.24. The Kier molecular flexibility index (Phi) is 11.0. The summed E-state index contributed by atoms with van der Waals surface area (Å²) >= 11 is 0. The van der Waals surface area contributed by atoms with Crippen molar-refractivity contribution in [1.29, 1.82) is 0 Å². The van der Waals surface area contributed by atoms with E-state index < -0.39 is 11.9 Å². The Morgan fingerprint density at radius 2 is 1.51 bits per heavy atom. The van der Waals surface area contributed by atoms with E-state index in [1.165, 1.54) is 24.3 Å². The number of carbonyl (C=O) groups excluding carboxylic acids is 2. The molecular weight excluding hydrogens is 575 g/mol. The molecule has 4 aromatic rings. The lowest BCUT2D eigenvalue weighted by Gasteiger charge is -2.36. The smallest absolute Gasteiger partial charge is 0.249 e. The number of rotatable bonds is 13. The summed E-state index contributed by atoms with van der Waals surface area (Å²) in [6, 6.07) is 29.2. The predicted molar refractivity (Wildman–Crippen MR) is 171 cm³/mol. The van der Waals surface area contributed by atoms with Crippen molar-refractivity contribution in [2.24, 2.45) is 0 Å². The van der Waals surface area contributed by atoms with Crippen molar-refractivity contribution >= 4 is 23.2 Å². The lowest BCUT2D eigenvalue weighted by Crippen LogP contribution is -2.53. The monoisotopic (exact) mass is 612 g/mol. The Labute approximate surface area is 262 Å². The number of piperazine rings is 1. The van der Waals surface area contributed by atoms with Crippen LogP contribution >= 0.6 is 0 Å². The van der Waals surface area contributed by atoms with Crippen LogP contribution in [0.15, 0.2) is 103 Å². The van der Waals surface area contributed by atoms with Gasteiger partial charge < -0.3 is 29.7 Å². The summed E-state index contributed by atoms with van der Waals surface area (Å²) in [7, 11) is 1.65. The van der Waals surface area contributed by atoms with Gasteiger partial charge in [-0.3, -0.25) is 14.5 Å². The van der Waals surface area contributed by atoms with Crippen LogP contribution in [0, 0.1) is 5.82 Å². The van der Waals surface area contributed by atoms with Crippen molar-refractivity contribution < 1.29 is 28.2 Å². The third-order valence-corrected chi connectivity index (χ3v) is 7.38. The van der Waals surface area contributed by atoms with E-state index in [2.05, 4.69) is 26.5 Å². The van der Waals surface area contributed by atoms with Gasteiger partial charge in [0.1, 0.15) is 29.1 Å². The maximum atomic E-state index is 13.3. The van der Waals surface area contributed by atoms with Crippen molar-refractivity contribution in [3.05, 3.63) is 115 Å². The number of hydrogen-bond donors (Lipinski definition) is 2. The zero-order valence-corrected chi connectivity index (χ0v) is 25.2. The van der Waals surface area contributed by atoms with Crippen molar-refractivity contribution in [2.75, 3.05) is 56.7 Å². The number of anilines is 2. The maximum Gasteiger partial charge on any atom is 0.249 e. The second-order valence-electron chi connectivity index (χ2n) is 10.7. The van der Waals surface area contributed by atoms with Crippen molar-refractivity contribution in [3.63, 3.8) is 0 Å². The van der Waals surface area contributed by atoms with E-state index in [9.17, 15) is 14.0 Å². The number of halogens is 1. The van der Waals surface area contributed by atoms with E-state index in [0.29, 0.717) is 36.9 Å². The number of amides is 2. The van der Waals surface area contributed by atoms with Crippen LogP contribution in [0.3, 0.4) is 0 Å². The van der Waals surface area contributed by atoms with Gasteiger partial charge in [-0.1, -0.05) is 36.4 Å². The Morgan fingerprint density at radius 3 is 2.20 bits per heavy atom. The predicted octanol–water partition coefficient (Wildman–Crippen LogP) is 5.09. The van der Waals surface area contributed by atoms with Gasteiger partial charge in [-0.25, -0.2) is 4.39 Å². The highest BCUT2D eigenvalue weighted by molar-refractivity contribution is 5.97. The average molecular weight is 613 g/mol. The highest BCUT2D eigenvalue weighted by Gasteiger charge is 2.24. The molecule has 0 spiro atoms. The molecule has 0 bridgehead atoms. The fourth-order valence-corrected chi connectivity index (χ4v) is 4.94. The van der Waals surface area contributed by atoms with Gasteiger partial charge >= 0.3 is 0 Å². The van der Waals surface area contributed by atoms with Crippen LogP contribution in [0.25, 0.3) is 0 Å². The quantitative estimate of drug-likeness (QED) is 0.217. The second kappa shape index (κ2) is 15.7. The molecule has 2 N–H and O–H groups in total. The number of methoxy groups -OCH3 is 1. The molecule has 45 heavy (non-hydrogen) atoms. The Morgan fingerprint density at radius 1 is 0.822 bits per heavy atom. The minimum atomic E-state index is -0.908. The first-order chi connectivity index (χ1) is 21.9. The normalized spacial score (nSPS) is 14.0. The third kappa shape index (κ3) is 9.53. The van der Waals surface area contributed by atoms with E-state index in [-0.39, 0.29) is 24.9 Å². The molecular formula is C35H37FN4O5. The SMILES string of the molecule is COc1cccc(N2CCN(CC(=O)NC(COCc3ccccc3)C(=O)Nc3ccc(Oc4ccc(F)cc4)cc3)CC2)c1. The van der Waals surface area contributed by atoms with Crippen LogP contribution in [0.5, 0.6) is 17.2 Å². The van der Waals surface area contributed by atoms with Crippen LogP contribution in [0.1, 0.15) is 5.56 Å². The maximum absolute atomic E-state index is 13.3. The number of nitrogens with one attached hydrogen (secondary N) is 2. The molecule has 234 valence electrons. The van der Waals surface area contributed by atoms with Crippen LogP contribution in [0.2, 0.25) is 0 Å². The standard InChI is InChI=1S/C35H37FN4O5/c1-43-32-9-5-8-29(22-32)40-20-18-39(19-21-40)23-34(41)38-33(25-44-24-26-6-3-2-4-7-26)35(42)37-28-12-16-31(17-13-28)45-30-14-10-27(36)11-15-30/h2-17,22,33H,18-21,23-25H2,1H3,(H,37,42)(H,38,41). The van der Waals surface area contributed by atoms with E-state index in [0.717, 1.165) is 30.1 Å². The van der Waals surface area contributed by atoms with E-state index in [4.69, 9.17) is 14.2 Å². The second-order valence-corrected chi connectivity index (χ2v) is 10.7. The van der Waals surface area contributed by atoms with Crippen molar-refractivity contribution in [1.82, 2.24) is 10.2 Å². The van der Waals surface area contributed by atoms with Gasteiger partial charge in [0.05, 0.1) is 26.9 Å². The number of nitrogens with zero attached hydrogens (tertiary/aromatic N) is 2. The molecule has 1 aliphatic rings. The van der Waals surface area contributed by atoms with Gasteiger partial charge in [0.25, 0.3) is 0 Å². The average Bonchev–Trinajstić information content (AvgIpc) is 3.07. The molecule has 5 rings (SSSR count). The van der Waals surface area contributed by atoms with E-state index >= 15 is 0 Å². The molecule has 1 saturated heterocycles. The Hall–Kier alpha value is -4.93. The number of benzene rings is 4. The molecule has 1 aliphatic heterocycles. The minimum Gasteiger partial charge on any atom is -0.497 e. The zero-order chi connectivity index (χ0) is 31.4. The first-order valence-corrected chi connectivity index (χ1v) is 14.8. The van der Waals surface area contributed by atoms with E-state index in [1.807, 2.05) is 48.5 Å². The molecule has 1 unspecified atom stereocenters. The molecule has 0 saturated carbocycles. The Balaban J connectivity index is 1.16. The molecule has 1 heterocycles. The summed E-state index contributed by atoms with van der Waals surface area (Å²) in [6.45, 7) is 3.43. The summed E-state index contributed by atoms with van der Waals surface area (Å²) in [5.74, 6) is 0.836. The highest BCUT2D eigenvalue weighted by atomic mass is 19.1. The molecule has 9 nitrogen and oxygen atoms in total. The lowest BCUT2D eigenvalue weighted by molar-refractivity contribution is -0.128. The number of ether oxygens (including phenoxy) is 3. The summed E-state index contributed by atoms with van der Waals surface area (Å²) in [4.78, 5) is 30.8. The molecule has 4 aromatic carbocycles. The molecule has 1 atom stereocenters. The molecule has 10 heteroatoms. The summed E-state index contributed by atoms with van der Waals surface area (Å²) in [5, 5.41) is 5.74. The van der Waals surface area contributed by atoms with Gasteiger partial charge in [0.2, 0.25) is 11.8 Å². The minimum absolute atomic E-state index is 0.00183. The van der Waals surface area contributed by atoms with Gasteiger partial charge in [0.15, 0.2) is 0 Å². The molecule has 2 amide bonds. The molecule has 0 radical (unpaired) electrons. The molecule has 1 fully saturated rings. The fraction of sp³-hybridized carbons (Fsp3) is 0.257. The summed E-state index contributed by atoms with van der Waals surface area (Å²) < 4.78 is 30.1. The molecule has 0 aromatic heterocycles. The van der Waals surface area contributed by atoms with E-state index in [1.54, 1.807) is 31.4 Å². The summed E-state index contributed by atoms with van der Waals surface area (Å²) in [5.41, 5.74) is 2.58. The van der Waals surface area contributed by atoms with Crippen molar-refractivity contribution in [2.45, 2.75) is 12.6 Å². The largest absolute Gasteiger partial charge is 0.497 e. The first-order valence-electron chi connectivity index (χ1n) is 14.8. The van der Waals surface area contributed by atoms with Gasteiger partial charge in [-0.05, 0) is 66.2 Å². The molecule has 0 aliphatic carbocycles. The topological polar surface area (TPSA) is 92.4 Å². The fourth-order valence-electron chi connectivity index (χ4n) is 4.94. The first kappa shape index (κ1) is 31.5. The Bertz CT molecular complexity index is 1530.